The van der Waals surface area contributed by atoms with Gasteiger partial charge in [0.2, 0.25) is 0 Å². The van der Waals surface area contributed by atoms with E-state index in [-0.39, 0.29) is 17.5 Å². The van der Waals surface area contributed by atoms with Gasteiger partial charge < -0.3 is 15.4 Å². The summed E-state index contributed by atoms with van der Waals surface area (Å²) in [5.74, 6) is 1.03. The van der Waals surface area contributed by atoms with Crippen molar-refractivity contribution < 1.29 is 9.53 Å². The van der Waals surface area contributed by atoms with Gasteiger partial charge in [0.25, 0.3) is 0 Å². The van der Waals surface area contributed by atoms with Gasteiger partial charge in [0.05, 0.1) is 5.41 Å². The van der Waals surface area contributed by atoms with Crippen molar-refractivity contribution in [2.45, 2.75) is 38.2 Å². The minimum atomic E-state index is -0.0950. The lowest BCUT2D eigenvalue weighted by molar-refractivity contribution is -0.152. The maximum absolute atomic E-state index is 12.0. The van der Waals surface area contributed by atoms with E-state index in [4.69, 9.17) is 10.5 Å². The van der Waals surface area contributed by atoms with Crippen LogP contribution >= 0.6 is 0 Å². The highest BCUT2D eigenvalue weighted by atomic mass is 16.6. The smallest absolute Gasteiger partial charge is 0.312 e. The highest BCUT2D eigenvalue weighted by Gasteiger charge is 2.52. The van der Waals surface area contributed by atoms with Crippen molar-refractivity contribution >= 4 is 17.5 Å². The molecule has 1 aromatic rings. The lowest BCUT2D eigenvalue weighted by Crippen LogP contribution is -2.47. The van der Waals surface area contributed by atoms with Crippen LogP contribution in [-0.4, -0.2) is 54.7 Å². The number of rotatable bonds is 4. The van der Waals surface area contributed by atoms with Crippen LogP contribution in [0, 0.1) is 5.41 Å². The predicted molar refractivity (Wildman–Crippen MR) is 92.7 cm³/mol. The Bertz CT molecular complexity index is 609. The molecule has 1 atom stereocenters. The Morgan fingerprint density at radius 3 is 2.71 bits per heavy atom. The summed E-state index contributed by atoms with van der Waals surface area (Å²) >= 11 is 0. The number of cyclic esters (lactones) is 1. The van der Waals surface area contributed by atoms with Crippen LogP contribution in [0.2, 0.25) is 0 Å². The maximum Gasteiger partial charge on any atom is 0.312 e. The van der Waals surface area contributed by atoms with E-state index < -0.39 is 0 Å². The average molecular weight is 330 g/mol. The van der Waals surface area contributed by atoms with Crippen LogP contribution < -0.4 is 10.6 Å². The molecule has 24 heavy (non-hydrogen) atoms. The first kappa shape index (κ1) is 15.7. The molecule has 3 aliphatic rings. The second-order valence-electron chi connectivity index (χ2n) is 7.43. The largest absolute Gasteiger partial charge is 0.462 e. The van der Waals surface area contributed by atoms with E-state index in [2.05, 4.69) is 14.8 Å². The molecule has 4 rings (SSSR count). The molecule has 0 amide bonds. The van der Waals surface area contributed by atoms with Crippen molar-refractivity contribution in [3.05, 3.63) is 18.3 Å². The number of aromatic nitrogens is 1. The normalized spacial score (nSPS) is 26.4. The highest BCUT2D eigenvalue weighted by Crippen LogP contribution is 2.50. The second-order valence-corrected chi connectivity index (χ2v) is 7.43. The lowest BCUT2D eigenvalue weighted by atomic mass is 9.67. The van der Waals surface area contributed by atoms with Crippen LogP contribution in [-0.2, 0) is 9.53 Å². The Morgan fingerprint density at radius 1 is 1.29 bits per heavy atom. The first-order chi connectivity index (χ1) is 11.6. The molecular weight excluding hydrogens is 304 g/mol. The summed E-state index contributed by atoms with van der Waals surface area (Å²) in [7, 11) is 0. The molecule has 3 fully saturated rings. The molecule has 130 valence electrons. The number of carbonyl (C=O) groups is 1. The van der Waals surface area contributed by atoms with E-state index in [9.17, 15) is 4.79 Å². The van der Waals surface area contributed by atoms with Crippen molar-refractivity contribution in [2.75, 3.05) is 43.4 Å². The van der Waals surface area contributed by atoms with Crippen LogP contribution in [0.1, 0.15) is 32.1 Å². The van der Waals surface area contributed by atoms with Gasteiger partial charge in [0.1, 0.15) is 11.9 Å². The quantitative estimate of drug-likeness (QED) is 0.847. The third kappa shape index (κ3) is 2.95. The number of piperazine rings is 1. The highest BCUT2D eigenvalue weighted by molar-refractivity contribution is 5.80. The number of carbonyl (C=O) groups excluding carboxylic acids is 1. The molecule has 0 radical (unpaired) electrons. The Hall–Kier alpha value is -1.82. The van der Waals surface area contributed by atoms with E-state index >= 15 is 0 Å². The van der Waals surface area contributed by atoms with Crippen LogP contribution in [0.15, 0.2) is 18.3 Å². The molecule has 6 heteroatoms. The van der Waals surface area contributed by atoms with Crippen LogP contribution in [0.25, 0.3) is 0 Å². The van der Waals surface area contributed by atoms with Gasteiger partial charge in [-0.3, -0.25) is 9.69 Å². The molecule has 1 unspecified atom stereocenters. The zero-order valence-corrected chi connectivity index (χ0v) is 14.1. The number of esters is 1. The molecule has 1 saturated carbocycles. The SMILES string of the molecule is Nc1ccnc(N2CCN(CCC3CC4(CCC4)C(=O)O3)CC2)c1. The Kier molecular flexibility index (Phi) is 4.08. The molecule has 3 heterocycles. The zero-order chi connectivity index (χ0) is 16.6. The van der Waals surface area contributed by atoms with Gasteiger partial charge in [-0.2, -0.15) is 0 Å². The fraction of sp³-hybridized carbons (Fsp3) is 0.667. The molecule has 1 aliphatic carbocycles. The van der Waals surface area contributed by atoms with Gasteiger partial charge in [-0.1, -0.05) is 6.42 Å². The molecule has 2 saturated heterocycles. The summed E-state index contributed by atoms with van der Waals surface area (Å²) in [5, 5.41) is 0. The van der Waals surface area contributed by atoms with Gasteiger partial charge in [-0.25, -0.2) is 4.98 Å². The van der Waals surface area contributed by atoms with E-state index in [1.54, 1.807) is 6.20 Å². The minimum Gasteiger partial charge on any atom is -0.462 e. The molecular formula is C18H26N4O2. The summed E-state index contributed by atoms with van der Waals surface area (Å²) in [6.45, 7) is 4.96. The molecule has 2 aliphatic heterocycles. The molecule has 6 nitrogen and oxygen atoms in total. The third-order valence-electron chi connectivity index (χ3n) is 5.87. The summed E-state index contributed by atoms with van der Waals surface area (Å²) < 4.78 is 5.61. The van der Waals surface area contributed by atoms with E-state index in [1.807, 2.05) is 12.1 Å². The molecule has 0 bridgehead atoms. The summed E-state index contributed by atoms with van der Waals surface area (Å²) in [6.07, 6.45) is 7.06. The monoisotopic (exact) mass is 330 g/mol. The molecule has 1 spiro atoms. The topological polar surface area (TPSA) is 71.7 Å². The van der Waals surface area contributed by atoms with Gasteiger partial charge in [-0.05, 0) is 25.3 Å². The van der Waals surface area contributed by atoms with Crippen LogP contribution in [0.4, 0.5) is 11.5 Å². The number of hydrogen-bond donors (Lipinski definition) is 1. The minimum absolute atomic E-state index is 0.0660. The molecule has 0 aromatic carbocycles. The summed E-state index contributed by atoms with van der Waals surface area (Å²) in [4.78, 5) is 21.2. The molecule has 1 aromatic heterocycles. The van der Waals surface area contributed by atoms with Crippen molar-refractivity contribution in [1.29, 1.82) is 0 Å². The first-order valence-electron chi connectivity index (χ1n) is 9.05. The zero-order valence-electron chi connectivity index (χ0n) is 14.1. The number of ether oxygens (including phenoxy) is 1. The number of nitrogens with zero attached hydrogens (tertiary/aromatic N) is 3. The van der Waals surface area contributed by atoms with E-state index in [0.717, 1.165) is 69.9 Å². The number of pyridine rings is 1. The van der Waals surface area contributed by atoms with Crippen molar-refractivity contribution in [3.63, 3.8) is 0 Å². The number of anilines is 2. The maximum atomic E-state index is 12.0. The second kappa shape index (κ2) is 6.24. The van der Waals surface area contributed by atoms with Gasteiger partial charge in [0, 0.05) is 57.1 Å². The fourth-order valence-corrected chi connectivity index (χ4v) is 4.14. The predicted octanol–water partition coefficient (Wildman–Crippen LogP) is 1.66. The van der Waals surface area contributed by atoms with Crippen LogP contribution in [0.3, 0.4) is 0 Å². The summed E-state index contributed by atoms with van der Waals surface area (Å²) in [6, 6.07) is 3.75. The number of hydrogen-bond acceptors (Lipinski definition) is 6. The van der Waals surface area contributed by atoms with Crippen molar-refractivity contribution in [2.24, 2.45) is 5.41 Å². The third-order valence-corrected chi connectivity index (χ3v) is 5.87. The van der Waals surface area contributed by atoms with Gasteiger partial charge >= 0.3 is 5.97 Å². The van der Waals surface area contributed by atoms with Crippen molar-refractivity contribution in [1.82, 2.24) is 9.88 Å². The van der Waals surface area contributed by atoms with Crippen molar-refractivity contribution in [3.8, 4) is 0 Å². The lowest BCUT2D eigenvalue weighted by Gasteiger charge is -2.36. The average Bonchev–Trinajstić information content (AvgIpc) is 2.90. The van der Waals surface area contributed by atoms with Gasteiger partial charge in [0.15, 0.2) is 0 Å². The van der Waals surface area contributed by atoms with Gasteiger partial charge in [-0.15, -0.1) is 0 Å². The first-order valence-corrected chi connectivity index (χ1v) is 9.05. The standard InChI is InChI=1S/C18H26N4O2/c19-14-2-6-20-16(12-14)22-10-8-21(9-11-22)7-3-15-13-18(4-1-5-18)17(23)24-15/h2,6,12,15H,1,3-5,7-11,13H2,(H2,19,20). The van der Waals surface area contributed by atoms with Crippen LogP contribution in [0.5, 0.6) is 0 Å². The fourth-order valence-electron chi connectivity index (χ4n) is 4.14. The van der Waals surface area contributed by atoms with E-state index in [0.29, 0.717) is 0 Å². The molecule has 2 N–H and O–H groups in total. The van der Waals surface area contributed by atoms with E-state index in [1.165, 1.54) is 6.42 Å². The Labute approximate surface area is 143 Å². The Morgan fingerprint density at radius 2 is 2.08 bits per heavy atom. The Balaban J connectivity index is 1.23. The number of nitrogen functional groups attached to an aromatic ring is 1. The number of nitrogens with two attached hydrogens (primary N) is 1. The summed E-state index contributed by atoms with van der Waals surface area (Å²) in [5.41, 5.74) is 6.51.